The standard InChI is InChI=1S/C11H6F3N3O/c12-6-1-2-7(10(14)9(6)13)17-11(18)8-3-4-15-5-16-8/h1-5H,(H,17,18). The maximum absolute atomic E-state index is 13.3. The van der Waals surface area contributed by atoms with Gasteiger partial charge in [-0.1, -0.05) is 0 Å². The van der Waals surface area contributed by atoms with Crippen molar-refractivity contribution in [3.05, 3.63) is 53.9 Å². The van der Waals surface area contributed by atoms with Crippen LogP contribution < -0.4 is 5.32 Å². The normalized spacial score (nSPS) is 10.2. The molecule has 0 aliphatic carbocycles. The Kier molecular flexibility index (Phi) is 3.22. The highest BCUT2D eigenvalue weighted by Gasteiger charge is 2.16. The van der Waals surface area contributed by atoms with E-state index in [-0.39, 0.29) is 5.69 Å². The lowest BCUT2D eigenvalue weighted by Crippen LogP contribution is -2.15. The number of hydrogen-bond acceptors (Lipinski definition) is 3. The molecule has 2 rings (SSSR count). The number of rotatable bonds is 2. The molecule has 1 aromatic carbocycles. The Morgan fingerprint density at radius 2 is 1.89 bits per heavy atom. The van der Waals surface area contributed by atoms with Crippen molar-refractivity contribution in [2.75, 3.05) is 5.32 Å². The van der Waals surface area contributed by atoms with Crippen LogP contribution in [0, 0.1) is 17.5 Å². The maximum atomic E-state index is 13.3. The van der Waals surface area contributed by atoms with Gasteiger partial charge in [0.1, 0.15) is 12.0 Å². The molecule has 1 heterocycles. The lowest BCUT2D eigenvalue weighted by atomic mass is 10.2. The highest BCUT2D eigenvalue weighted by molar-refractivity contribution is 6.02. The number of hydrogen-bond donors (Lipinski definition) is 1. The van der Waals surface area contributed by atoms with E-state index in [9.17, 15) is 18.0 Å². The fraction of sp³-hybridized carbons (Fsp3) is 0. The molecule has 0 spiro atoms. The number of amides is 1. The van der Waals surface area contributed by atoms with Crippen LogP contribution in [-0.4, -0.2) is 15.9 Å². The summed E-state index contributed by atoms with van der Waals surface area (Å²) in [4.78, 5) is 18.8. The van der Waals surface area contributed by atoms with Crippen molar-refractivity contribution in [2.45, 2.75) is 0 Å². The molecule has 0 saturated heterocycles. The Morgan fingerprint density at radius 3 is 2.56 bits per heavy atom. The predicted octanol–water partition coefficient (Wildman–Crippen LogP) is 2.15. The van der Waals surface area contributed by atoms with Crippen molar-refractivity contribution >= 4 is 11.6 Å². The van der Waals surface area contributed by atoms with E-state index in [1.807, 2.05) is 0 Å². The van der Waals surface area contributed by atoms with E-state index >= 15 is 0 Å². The molecule has 92 valence electrons. The molecule has 0 saturated carbocycles. The zero-order valence-electron chi connectivity index (χ0n) is 8.82. The van der Waals surface area contributed by atoms with Crippen LogP contribution in [0.15, 0.2) is 30.7 Å². The van der Waals surface area contributed by atoms with E-state index in [2.05, 4.69) is 15.3 Å². The molecule has 0 unspecified atom stereocenters. The molecule has 7 heteroatoms. The van der Waals surface area contributed by atoms with Crippen LogP contribution in [0.4, 0.5) is 18.9 Å². The second-order valence-electron chi connectivity index (χ2n) is 3.27. The van der Waals surface area contributed by atoms with Gasteiger partial charge in [-0.3, -0.25) is 4.79 Å². The molecular weight excluding hydrogens is 247 g/mol. The lowest BCUT2D eigenvalue weighted by molar-refractivity contribution is 0.102. The van der Waals surface area contributed by atoms with Crippen molar-refractivity contribution in [1.29, 1.82) is 0 Å². The molecule has 4 nitrogen and oxygen atoms in total. The summed E-state index contributed by atoms with van der Waals surface area (Å²) in [5.41, 5.74) is -0.480. The van der Waals surface area contributed by atoms with Crippen molar-refractivity contribution in [3.63, 3.8) is 0 Å². The van der Waals surface area contributed by atoms with E-state index in [0.29, 0.717) is 6.07 Å². The summed E-state index contributed by atoms with van der Waals surface area (Å²) in [7, 11) is 0. The molecule has 1 aromatic heterocycles. The number of carbonyl (C=O) groups excluding carboxylic acids is 1. The topological polar surface area (TPSA) is 54.9 Å². The van der Waals surface area contributed by atoms with E-state index in [0.717, 1.165) is 12.4 Å². The van der Waals surface area contributed by atoms with Gasteiger partial charge in [-0.05, 0) is 18.2 Å². The smallest absolute Gasteiger partial charge is 0.274 e. The van der Waals surface area contributed by atoms with E-state index < -0.39 is 29.0 Å². The van der Waals surface area contributed by atoms with Crippen LogP contribution in [0.2, 0.25) is 0 Å². The SMILES string of the molecule is O=C(Nc1ccc(F)c(F)c1F)c1ccncn1. The number of aromatic nitrogens is 2. The maximum Gasteiger partial charge on any atom is 0.274 e. The monoisotopic (exact) mass is 253 g/mol. The van der Waals surface area contributed by atoms with Gasteiger partial charge in [0.15, 0.2) is 17.5 Å². The summed E-state index contributed by atoms with van der Waals surface area (Å²) in [5.74, 6) is -5.18. The van der Waals surface area contributed by atoms with Crippen LogP contribution in [0.5, 0.6) is 0 Å². The minimum Gasteiger partial charge on any atom is -0.318 e. The van der Waals surface area contributed by atoms with Crippen molar-refractivity contribution in [3.8, 4) is 0 Å². The molecule has 2 aromatic rings. The Bertz CT molecular complexity index is 590. The minimum absolute atomic E-state index is 0.0193. The van der Waals surface area contributed by atoms with Crippen molar-refractivity contribution in [2.24, 2.45) is 0 Å². The number of halogens is 3. The second-order valence-corrected chi connectivity index (χ2v) is 3.27. The lowest BCUT2D eigenvalue weighted by Gasteiger charge is -2.06. The predicted molar refractivity (Wildman–Crippen MR) is 56.3 cm³/mol. The Balaban J connectivity index is 2.26. The molecule has 1 N–H and O–H groups in total. The summed E-state index contributed by atoms with van der Waals surface area (Å²) >= 11 is 0. The van der Waals surface area contributed by atoms with Gasteiger partial charge in [0, 0.05) is 6.20 Å². The number of carbonyl (C=O) groups is 1. The van der Waals surface area contributed by atoms with Gasteiger partial charge in [0.05, 0.1) is 5.69 Å². The molecule has 18 heavy (non-hydrogen) atoms. The van der Waals surface area contributed by atoms with Gasteiger partial charge in [-0.25, -0.2) is 23.1 Å². The van der Waals surface area contributed by atoms with Gasteiger partial charge >= 0.3 is 0 Å². The number of benzene rings is 1. The zero-order valence-corrected chi connectivity index (χ0v) is 8.82. The van der Waals surface area contributed by atoms with Crippen molar-refractivity contribution < 1.29 is 18.0 Å². The zero-order chi connectivity index (χ0) is 13.1. The summed E-state index contributed by atoms with van der Waals surface area (Å²) in [5, 5.41) is 2.08. The third-order valence-corrected chi connectivity index (χ3v) is 2.10. The van der Waals surface area contributed by atoms with E-state index in [1.54, 1.807) is 0 Å². The average molecular weight is 253 g/mol. The number of anilines is 1. The van der Waals surface area contributed by atoms with Crippen LogP contribution in [0.3, 0.4) is 0 Å². The first kappa shape index (κ1) is 12.0. The average Bonchev–Trinajstić information content (AvgIpc) is 2.40. The van der Waals surface area contributed by atoms with Crippen LogP contribution in [0.1, 0.15) is 10.5 Å². The van der Waals surface area contributed by atoms with Gasteiger partial charge in [0.25, 0.3) is 5.91 Å². The van der Waals surface area contributed by atoms with Gasteiger partial charge in [-0.2, -0.15) is 0 Å². The number of nitrogens with zero attached hydrogens (tertiary/aromatic N) is 2. The third kappa shape index (κ3) is 2.29. The largest absolute Gasteiger partial charge is 0.318 e. The van der Waals surface area contributed by atoms with Crippen LogP contribution >= 0.6 is 0 Å². The Labute approximate surface area is 99.5 Å². The highest BCUT2D eigenvalue weighted by Crippen LogP contribution is 2.19. The minimum atomic E-state index is -1.64. The second kappa shape index (κ2) is 4.82. The summed E-state index contributed by atoms with van der Waals surface area (Å²) in [6.45, 7) is 0. The third-order valence-electron chi connectivity index (χ3n) is 2.10. The molecule has 0 radical (unpaired) electrons. The van der Waals surface area contributed by atoms with Crippen LogP contribution in [0.25, 0.3) is 0 Å². The Morgan fingerprint density at radius 1 is 1.11 bits per heavy atom. The molecule has 0 aliphatic rings. The first-order valence-corrected chi connectivity index (χ1v) is 4.80. The summed E-state index contributed by atoms with van der Waals surface area (Å²) in [6.07, 6.45) is 2.46. The molecule has 0 atom stereocenters. The molecular formula is C11H6F3N3O. The van der Waals surface area contributed by atoms with Crippen molar-refractivity contribution in [1.82, 2.24) is 9.97 Å². The van der Waals surface area contributed by atoms with E-state index in [1.165, 1.54) is 12.3 Å². The molecule has 0 aliphatic heterocycles. The van der Waals surface area contributed by atoms with E-state index in [4.69, 9.17) is 0 Å². The number of nitrogens with one attached hydrogen (secondary N) is 1. The summed E-state index contributed by atoms with van der Waals surface area (Å²) in [6, 6.07) is 2.94. The van der Waals surface area contributed by atoms with Gasteiger partial charge in [-0.15, -0.1) is 0 Å². The molecule has 0 bridgehead atoms. The van der Waals surface area contributed by atoms with Gasteiger partial charge < -0.3 is 5.32 Å². The molecule has 0 fully saturated rings. The fourth-order valence-corrected chi connectivity index (χ4v) is 1.23. The Hall–Kier alpha value is -2.44. The summed E-state index contributed by atoms with van der Waals surface area (Å²) < 4.78 is 38.9. The quantitative estimate of drug-likeness (QED) is 0.834. The highest BCUT2D eigenvalue weighted by atomic mass is 19.2. The first-order valence-electron chi connectivity index (χ1n) is 4.80. The molecule has 1 amide bonds. The first-order chi connectivity index (χ1) is 8.59. The fourth-order valence-electron chi connectivity index (χ4n) is 1.23. The van der Waals surface area contributed by atoms with Gasteiger partial charge in [0.2, 0.25) is 0 Å². The van der Waals surface area contributed by atoms with Crippen LogP contribution in [-0.2, 0) is 0 Å².